The molecule has 23 heavy (non-hydrogen) atoms. The van der Waals surface area contributed by atoms with Crippen molar-refractivity contribution in [2.24, 2.45) is 27.2 Å². The molecule has 0 spiro atoms. The molecule has 0 aliphatic heterocycles. The fraction of sp³-hybridized carbons (Fsp3) is 0. The lowest BCUT2D eigenvalue weighted by Gasteiger charge is -2.06. The Balaban J connectivity index is 2.40. The number of hydrogen-bond acceptors (Lipinski definition) is 5. The lowest BCUT2D eigenvalue weighted by atomic mass is 10.2. The summed E-state index contributed by atoms with van der Waals surface area (Å²) in [4.78, 5) is 21.8. The van der Waals surface area contributed by atoms with E-state index in [4.69, 9.17) is 21.9 Å². The third-order valence-corrected chi connectivity index (χ3v) is 2.44. The molecule has 0 radical (unpaired) electrons. The third kappa shape index (κ3) is 4.67. The summed E-state index contributed by atoms with van der Waals surface area (Å²) in [6, 6.07) is 7.24. The van der Waals surface area contributed by atoms with Crippen LogP contribution < -0.4 is 21.9 Å². The molecule has 2 rings (SSSR count). The number of non-ortho nitro benzene ring substituents is 1. The summed E-state index contributed by atoms with van der Waals surface area (Å²) in [5, 5.41) is 11.0. The molecule has 0 saturated carbocycles. The molecule has 0 unspecified atom stereocenters. The molecule has 1 aromatic carbocycles. The van der Waals surface area contributed by atoms with Gasteiger partial charge in [-0.05, 0) is 12.1 Å². The number of rotatable bonds is 4. The minimum Gasteiger partial charge on any atom is -0.455 e. The van der Waals surface area contributed by atoms with Gasteiger partial charge in [-0.25, -0.2) is 4.99 Å². The topological polar surface area (TPSA) is 168 Å². The average molecular weight is 315 g/mol. The Bertz CT molecular complexity index is 770. The number of ether oxygens (including phenoxy) is 1. The van der Waals surface area contributed by atoms with Gasteiger partial charge in [0.2, 0.25) is 5.96 Å². The molecule has 0 saturated heterocycles. The summed E-state index contributed by atoms with van der Waals surface area (Å²) in [6.45, 7) is 0. The number of aliphatic imine (C=N–C) groups is 2. The molecule has 0 aliphatic rings. The molecular weight excluding hydrogens is 302 g/mol. The molecule has 0 aliphatic carbocycles. The zero-order valence-corrected chi connectivity index (χ0v) is 11.8. The second-order valence-corrected chi connectivity index (χ2v) is 4.24. The zero-order valence-electron chi connectivity index (χ0n) is 11.8. The van der Waals surface area contributed by atoms with Gasteiger partial charge < -0.3 is 21.9 Å². The minimum atomic E-state index is -0.578. The van der Waals surface area contributed by atoms with E-state index < -0.39 is 4.92 Å². The first kappa shape index (κ1) is 15.7. The van der Waals surface area contributed by atoms with E-state index in [9.17, 15) is 10.1 Å². The Morgan fingerprint density at radius 1 is 1.22 bits per heavy atom. The highest BCUT2D eigenvalue weighted by molar-refractivity contribution is 5.93. The zero-order chi connectivity index (χ0) is 16.8. The highest BCUT2D eigenvalue weighted by Crippen LogP contribution is 2.30. The van der Waals surface area contributed by atoms with Gasteiger partial charge in [0.25, 0.3) is 5.69 Å². The van der Waals surface area contributed by atoms with E-state index >= 15 is 0 Å². The number of benzene rings is 1. The van der Waals surface area contributed by atoms with Crippen LogP contribution in [0, 0.1) is 10.1 Å². The number of guanidine groups is 2. The van der Waals surface area contributed by atoms with Crippen LogP contribution in [0.1, 0.15) is 0 Å². The maximum absolute atomic E-state index is 11.0. The van der Waals surface area contributed by atoms with Crippen LogP contribution >= 0.6 is 0 Å². The summed E-state index contributed by atoms with van der Waals surface area (Å²) >= 11 is 0. The lowest BCUT2D eigenvalue weighted by Crippen LogP contribution is -2.26. The van der Waals surface area contributed by atoms with E-state index in [2.05, 4.69) is 15.0 Å². The smallest absolute Gasteiger partial charge is 0.275 e. The van der Waals surface area contributed by atoms with E-state index in [-0.39, 0.29) is 29.0 Å². The number of aromatic nitrogens is 1. The van der Waals surface area contributed by atoms with Crippen molar-refractivity contribution < 1.29 is 9.66 Å². The molecular formula is C13H13N7O3. The van der Waals surface area contributed by atoms with Crippen LogP contribution in [0.15, 0.2) is 52.7 Å². The number of pyridine rings is 1. The van der Waals surface area contributed by atoms with Gasteiger partial charge in [-0.2, -0.15) is 4.99 Å². The Morgan fingerprint density at radius 3 is 2.61 bits per heavy atom. The first-order valence-corrected chi connectivity index (χ1v) is 6.25. The summed E-state index contributed by atoms with van der Waals surface area (Å²) in [5.74, 6) is 0.102. The van der Waals surface area contributed by atoms with Gasteiger partial charge >= 0.3 is 0 Å². The number of hydrogen-bond donors (Lipinski definition) is 3. The van der Waals surface area contributed by atoms with Gasteiger partial charge in [0, 0.05) is 18.3 Å². The third-order valence-electron chi connectivity index (χ3n) is 2.44. The molecule has 1 heterocycles. The van der Waals surface area contributed by atoms with Crippen molar-refractivity contribution in [3.8, 4) is 11.5 Å². The van der Waals surface area contributed by atoms with Crippen LogP contribution in [0.3, 0.4) is 0 Å². The molecule has 0 bridgehead atoms. The van der Waals surface area contributed by atoms with Crippen LogP contribution in [0.25, 0.3) is 0 Å². The van der Waals surface area contributed by atoms with E-state index in [0.29, 0.717) is 5.75 Å². The Hall–Kier alpha value is -3.69. The maximum Gasteiger partial charge on any atom is 0.275 e. The van der Waals surface area contributed by atoms with Crippen LogP contribution in [0.5, 0.6) is 11.5 Å². The summed E-state index contributed by atoms with van der Waals surface area (Å²) in [7, 11) is 0. The fourth-order valence-corrected chi connectivity index (χ4v) is 1.63. The van der Waals surface area contributed by atoms with Crippen LogP contribution in [-0.2, 0) is 0 Å². The molecule has 6 N–H and O–H groups in total. The molecule has 0 atom stereocenters. The Labute approximate surface area is 130 Å². The number of nitro groups is 1. The van der Waals surface area contributed by atoms with Crippen LogP contribution in [0.2, 0.25) is 0 Å². The van der Waals surface area contributed by atoms with Gasteiger partial charge in [0.1, 0.15) is 11.5 Å². The van der Waals surface area contributed by atoms with Crippen molar-refractivity contribution in [3.63, 3.8) is 0 Å². The average Bonchev–Trinajstić information content (AvgIpc) is 2.47. The second kappa shape index (κ2) is 6.85. The monoisotopic (exact) mass is 315 g/mol. The van der Waals surface area contributed by atoms with E-state index in [1.54, 1.807) is 18.3 Å². The molecule has 1 aromatic heterocycles. The number of nitro benzene ring substituents is 1. The van der Waals surface area contributed by atoms with Gasteiger partial charge in [-0.1, -0.05) is 0 Å². The van der Waals surface area contributed by atoms with Crippen LogP contribution in [-0.4, -0.2) is 21.8 Å². The second-order valence-electron chi connectivity index (χ2n) is 4.24. The molecule has 10 nitrogen and oxygen atoms in total. The van der Waals surface area contributed by atoms with Crippen LogP contribution in [0.4, 0.5) is 11.4 Å². The first-order valence-electron chi connectivity index (χ1n) is 6.25. The number of nitrogens with zero attached hydrogens (tertiary/aromatic N) is 4. The largest absolute Gasteiger partial charge is 0.455 e. The molecule has 118 valence electrons. The van der Waals surface area contributed by atoms with Crippen molar-refractivity contribution in [3.05, 3.63) is 52.8 Å². The lowest BCUT2D eigenvalue weighted by molar-refractivity contribution is -0.384. The Morgan fingerprint density at radius 2 is 2.00 bits per heavy atom. The van der Waals surface area contributed by atoms with Gasteiger partial charge in [0.15, 0.2) is 5.96 Å². The predicted octanol–water partition coefficient (Wildman–Crippen LogP) is 1.00. The normalized spacial score (nSPS) is 10.9. The summed E-state index contributed by atoms with van der Waals surface area (Å²) in [5.41, 5.74) is 15.8. The van der Waals surface area contributed by atoms with E-state index in [1.165, 1.54) is 24.4 Å². The molecule has 10 heteroatoms. The standard InChI is InChI=1S/C13H13N7O3/c14-12(15)19-13(16)18-8-4-9(20(21)22)6-11(5-8)23-10-2-1-3-17-7-10/h1-7H,(H6,14,15,16,18,19). The van der Waals surface area contributed by atoms with Crippen molar-refractivity contribution in [2.75, 3.05) is 0 Å². The van der Waals surface area contributed by atoms with Crippen molar-refractivity contribution in [2.45, 2.75) is 0 Å². The highest BCUT2D eigenvalue weighted by atomic mass is 16.6. The van der Waals surface area contributed by atoms with Gasteiger partial charge in [-0.3, -0.25) is 15.1 Å². The Kier molecular flexibility index (Phi) is 4.67. The van der Waals surface area contributed by atoms with E-state index in [0.717, 1.165) is 0 Å². The minimum absolute atomic E-state index is 0.167. The van der Waals surface area contributed by atoms with Crippen molar-refractivity contribution >= 4 is 23.3 Å². The fourth-order valence-electron chi connectivity index (χ4n) is 1.63. The van der Waals surface area contributed by atoms with Crippen molar-refractivity contribution in [1.82, 2.24) is 4.98 Å². The molecule has 2 aromatic rings. The number of nitrogens with two attached hydrogens (primary N) is 3. The molecule has 0 amide bonds. The first-order chi connectivity index (χ1) is 10.9. The summed E-state index contributed by atoms with van der Waals surface area (Å²) < 4.78 is 5.51. The van der Waals surface area contributed by atoms with E-state index in [1.807, 2.05) is 0 Å². The van der Waals surface area contributed by atoms with Crippen molar-refractivity contribution in [1.29, 1.82) is 0 Å². The summed E-state index contributed by atoms with van der Waals surface area (Å²) in [6.07, 6.45) is 3.04. The highest BCUT2D eigenvalue weighted by Gasteiger charge is 2.11. The maximum atomic E-state index is 11.0. The molecule has 0 fully saturated rings. The quantitative estimate of drug-likeness (QED) is 0.327. The van der Waals surface area contributed by atoms with Gasteiger partial charge in [-0.15, -0.1) is 0 Å². The predicted molar refractivity (Wildman–Crippen MR) is 84.5 cm³/mol. The SMILES string of the molecule is NC(N)=NC(N)=Nc1cc(Oc2cccnc2)cc([N+](=O)[O-])c1. The van der Waals surface area contributed by atoms with Gasteiger partial charge in [0.05, 0.1) is 22.9 Å².